The van der Waals surface area contributed by atoms with Gasteiger partial charge in [-0.05, 0) is 17.8 Å². The van der Waals surface area contributed by atoms with Gasteiger partial charge in [-0.25, -0.2) is 9.97 Å². The highest BCUT2D eigenvalue weighted by Crippen LogP contribution is 2.33. The Morgan fingerprint density at radius 1 is 0.690 bits per heavy atom. The van der Waals surface area contributed by atoms with E-state index in [-0.39, 0.29) is 0 Å². The molecule has 0 aliphatic heterocycles. The van der Waals surface area contributed by atoms with Gasteiger partial charge in [0.05, 0.1) is 5.52 Å². The topological polar surface area (TPSA) is 56.5 Å². The quantitative estimate of drug-likeness (QED) is 0.389. The van der Waals surface area contributed by atoms with Crippen LogP contribution in [0.5, 0.6) is 0 Å². The van der Waals surface area contributed by atoms with Crippen LogP contribution in [0.15, 0.2) is 95.1 Å². The Kier molecular flexibility index (Phi) is 4.54. The monoisotopic (exact) mass is 395 g/mol. The van der Waals surface area contributed by atoms with Gasteiger partial charge in [0.2, 0.25) is 0 Å². The van der Waals surface area contributed by atoms with Crippen molar-refractivity contribution in [3.63, 3.8) is 0 Å². The van der Waals surface area contributed by atoms with Gasteiger partial charge < -0.3 is 4.57 Å². The molecule has 0 aliphatic rings. The van der Waals surface area contributed by atoms with Crippen LogP contribution >= 0.6 is 11.8 Å². The van der Waals surface area contributed by atoms with Gasteiger partial charge in [0.1, 0.15) is 5.03 Å². The van der Waals surface area contributed by atoms with Gasteiger partial charge in [-0.15, -0.1) is 10.2 Å². The molecule has 0 amide bonds. The van der Waals surface area contributed by atoms with Crippen LogP contribution in [-0.2, 0) is 7.05 Å². The number of hydrogen-bond acceptors (Lipinski definition) is 5. The Labute approximate surface area is 172 Å². The Morgan fingerprint density at radius 2 is 1.34 bits per heavy atom. The number of para-hydroxylation sites is 1. The summed E-state index contributed by atoms with van der Waals surface area (Å²) >= 11 is 1.51. The molecule has 5 rings (SSSR count). The molecular weight excluding hydrogens is 378 g/mol. The first-order valence-corrected chi connectivity index (χ1v) is 10.1. The molecule has 29 heavy (non-hydrogen) atoms. The van der Waals surface area contributed by atoms with E-state index < -0.39 is 0 Å². The lowest BCUT2D eigenvalue weighted by atomic mass is 10.2. The summed E-state index contributed by atoms with van der Waals surface area (Å²) in [6.07, 6.45) is 0. The van der Waals surface area contributed by atoms with E-state index in [9.17, 15) is 0 Å². The third kappa shape index (κ3) is 3.39. The molecule has 0 atom stereocenters. The number of aromatic nitrogens is 5. The lowest BCUT2D eigenvalue weighted by molar-refractivity contribution is 0.793. The Balaban J connectivity index is 1.60. The highest BCUT2D eigenvalue weighted by Gasteiger charge is 2.16. The lowest BCUT2D eigenvalue weighted by Crippen LogP contribution is -1.97. The fourth-order valence-corrected chi connectivity index (χ4v) is 4.06. The first kappa shape index (κ1) is 17.6. The number of nitrogens with zero attached hydrogens (tertiary/aromatic N) is 5. The zero-order chi connectivity index (χ0) is 19.6. The molecule has 0 spiro atoms. The van der Waals surface area contributed by atoms with E-state index in [1.807, 2.05) is 96.5 Å². The van der Waals surface area contributed by atoms with Crippen molar-refractivity contribution in [2.45, 2.75) is 10.2 Å². The van der Waals surface area contributed by atoms with Gasteiger partial charge in [-0.3, -0.25) is 0 Å². The second-order valence-corrected chi connectivity index (χ2v) is 7.52. The van der Waals surface area contributed by atoms with Crippen molar-refractivity contribution in [1.82, 2.24) is 24.7 Å². The van der Waals surface area contributed by atoms with Gasteiger partial charge in [0.15, 0.2) is 16.8 Å². The molecule has 0 saturated carbocycles. The predicted octanol–water partition coefficient (Wildman–Crippen LogP) is 5.24. The van der Waals surface area contributed by atoms with Gasteiger partial charge in [-0.2, -0.15) is 0 Å². The molecule has 6 heteroatoms. The van der Waals surface area contributed by atoms with Crippen LogP contribution in [0.1, 0.15) is 0 Å². The highest BCUT2D eigenvalue weighted by molar-refractivity contribution is 7.99. The standard InChI is InChI=1S/C23H17N5S/c1-28-21(17-12-6-3-7-13-17)26-27-23(28)29-22-18-14-8-9-15-19(18)24-20(25-22)16-10-4-2-5-11-16/h2-15H,1H3. The van der Waals surface area contributed by atoms with Crippen molar-refractivity contribution >= 4 is 22.7 Å². The third-order valence-corrected chi connectivity index (χ3v) is 5.70. The van der Waals surface area contributed by atoms with Crippen LogP contribution in [0.3, 0.4) is 0 Å². The number of hydrogen-bond donors (Lipinski definition) is 0. The molecule has 3 aromatic carbocycles. The van der Waals surface area contributed by atoms with E-state index in [1.54, 1.807) is 0 Å². The van der Waals surface area contributed by atoms with E-state index in [1.165, 1.54) is 11.8 Å². The van der Waals surface area contributed by atoms with Gasteiger partial charge >= 0.3 is 0 Å². The molecule has 0 unspecified atom stereocenters. The van der Waals surface area contributed by atoms with Gasteiger partial charge in [0.25, 0.3) is 0 Å². The van der Waals surface area contributed by atoms with E-state index in [0.717, 1.165) is 38.0 Å². The second kappa shape index (κ2) is 7.48. The van der Waals surface area contributed by atoms with Crippen LogP contribution in [0.4, 0.5) is 0 Å². The SMILES string of the molecule is Cn1c(Sc2nc(-c3ccccc3)nc3ccccc23)nnc1-c1ccccc1. The molecule has 2 aromatic heterocycles. The predicted molar refractivity (Wildman–Crippen MR) is 116 cm³/mol. The fourth-order valence-electron chi connectivity index (χ4n) is 3.17. The first-order chi connectivity index (χ1) is 14.3. The van der Waals surface area contributed by atoms with Gasteiger partial charge in [-0.1, -0.05) is 78.9 Å². The molecule has 140 valence electrons. The van der Waals surface area contributed by atoms with Crippen molar-refractivity contribution in [3.05, 3.63) is 84.9 Å². The summed E-state index contributed by atoms with van der Waals surface area (Å²) in [7, 11) is 1.98. The average molecular weight is 395 g/mol. The molecular formula is C23H17N5S. The van der Waals surface area contributed by atoms with E-state index >= 15 is 0 Å². The van der Waals surface area contributed by atoms with Crippen molar-refractivity contribution in [1.29, 1.82) is 0 Å². The third-order valence-electron chi connectivity index (χ3n) is 4.66. The average Bonchev–Trinajstić information content (AvgIpc) is 3.15. The maximum absolute atomic E-state index is 4.86. The Hall–Kier alpha value is -3.51. The molecule has 0 radical (unpaired) electrons. The number of benzene rings is 3. The zero-order valence-electron chi connectivity index (χ0n) is 15.7. The van der Waals surface area contributed by atoms with E-state index in [2.05, 4.69) is 10.2 Å². The minimum atomic E-state index is 0.706. The van der Waals surface area contributed by atoms with Crippen LogP contribution in [0, 0.1) is 0 Å². The summed E-state index contributed by atoms with van der Waals surface area (Å²) in [6, 6.07) is 28.1. The lowest BCUT2D eigenvalue weighted by Gasteiger charge is -2.08. The Morgan fingerprint density at radius 3 is 2.10 bits per heavy atom. The van der Waals surface area contributed by atoms with Gasteiger partial charge in [0, 0.05) is 23.6 Å². The van der Waals surface area contributed by atoms with Crippen molar-refractivity contribution in [2.75, 3.05) is 0 Å². The first-order valence-electron chi connectivity index (χ1n) is 9.24. The van der Waals surface area contributed by atoms with Crippen molar-refractivity contribution in [2.24, 2.45) is 7.05 Å². The summed E-state index contributed by atoms with van der Waals surface area (Å²) in [5.41, 5.74) is 2.93. The summed E-state index contributed by atoms with van der Waals surface area (Å²) in [5, 5.41) is 11.5. The molecule has 2 heterocycles. The molecule has 0 bridgehead atoms. The molecule has 5 aromatic rings. The molecule has 0 N–H and O–H groups in total. The van der Waals surface area contributed by atoms with Crippen LogP contribution in [0.2, 0.25) is 0 Å². The Bertz CT molecular complexity index is 1280. The molecule has 0 aliphatic carbocycles. The summed E-state index contributed by atoms with van der Waals surface area (Å²) in [6.45, 7) is 0. The van der Waals surface area contributed by atoms with E-state index in [0.29, 0.717) is 5.82 Å². The van der Waals surface area contributed by atoms with E-state index in [4.69, 9.17) is 9.97 Å². The van der Waals surface area contributed by atoms with Crippen LogP contribution < -0.4 is 0 Å². The summed E-state index contributed by atoms with van der Waals surface area (Å²) < 4.78 is 2.00. The van der Waals surface area contributed by atoms with Crippen LogP contribution in [0.25, 0.3) is 33.7 Å². The zero-order valence-corrected chi connectivity index (χ0v) is 16.5. The number of fused-ring (bicyclic) bond motifs is 1. The highest BCUT2D eigenvalue weighted by atomic mass is 32.2. The van der Waals surface area contributed by atoms with Crippen molar-refractivity contribution in [3.8, 4) is 22.8 Å². The normalized spacial score (nSPS) is 11.1. The largest absolute Gasteiger partial charge is 0.305 e. The minimum absolute atomic E-state index is 0.706. The number of rotatable bonds is 4. The van der Waals surface area contributed by atoms with Crippen LogP contribution in [-0.4, -0.2) is 24.7 Å². The summed E-state index contributed by atoms with van der Waals surface area (Å²) in [4.78, 5) is 9.62. The maximum Gasteiger partial charge on any atom is 0.197 e. The fraction of sp³-hybridized carbons (Fsp3) is 0.0435. The smallest absolute Gasteiger partial charge is 0.197 e. The molecule has 0 saturated heterocycles. The maximum atomic E-state index is 4.86. The minimum Gasteiger partial charge on any atom is -0.305 e. The molecule has 0 fully saturated rings. The summed E-state index contributed by atoms with van der Waals surface area (Å²) in [5.74, 6) is 1.53. The van der Waals surface area contributed by atoms with Crippen molar-refractivity contribution < 1.29 is 0 Å². The molecule has 5 nitrogen and oxygen atoms in total. The second-order valence-electron chi connectivity index (χ2n) is 6.57.